The summed E-state index contributed by atoms with van der Waals surface area (Å²) in [6.07, 6.45) is 0. The summed E-state index contributed by atoms with van der Waals surface area (Å²) in [7, 11) is 0. The van der Waals surface area contributed by atoms with Crippen molar-refractivity contribution in [3.8, 4) is 16.8 Å². The van der Waals surface area contributed by atoms with Gasteiger partial charge in [0.25, 0.3) is 0 Å². The average Bonchev–Trinajstić information content (AvgIpc) is 3.52. The lowest BCUT2D eigenvalue weighted by molar-refractivity contribution is 1.18. The van der Waals surface area contributed by atoms with Gasteiger partial charge in [0, 0.05) is 39.2 Å². The summed E-state index contributed by atoms with van der Waals surface area (Å²) < 4.78 is 2.42. The molecular formula is C46H31N3. The maximum absolute atomic E-state index is 2.44. The number of hydrogen-bond donors (Lipinski definition) is 0. The smallest absolute Gasteiger partial charge is 0.0563 e. The Morgan fingerprint density at radius 3 is 1.51 bits per heavy atom. The van der Waals surface area contributed by atoms with Crippen LogP contribution in [0.2, 0.25) is 0 Å². The lowest BCUT2D eigenvalue weighted by atomic mass is 9.97. The number of aromatic nitrogens is 1. The van der Waals surface area contributed by atoms with Crippen molar-refractivity contribution in [2.24, 2.45) is 0 Å². The van der Waals surface area contributed by atoms with Crippen LogP contribution < -0.4 is 9.80 Å². The van der Waals surface area contributed by atoms with E-state index in [-0.39, 0.29) is 0 Å². The first-order valence-electron chi connectivity index (χ1n) is 16.8. The molecule has 2 heterocycles. The lowest BCUT2D eigenvalue weighted by Gasteiger charge is -2.28. The van der Waals surface area contributed by atoms with E-state index in [4.69, 9.17) is 0 Å². The molecule has 1 aliphatic rings. The predicted octanol–water partition coefficient (Wildman–Crippen LogP) is 12.9. The van der Waals surface area contributed by atoms with Gasteiger partial charge in [0.2, 0.25) is 0 Å². The van der Waals surface area contributed by atoms with E-state index in [1.807, 2.05) is 0 Å². The van der Waals surface area contributed by atoms with Crippen LogP contribution in [0.1, 0.15) is 0 Å². The second kappa shape index (κ2) is 11.0. The summed E-state index contributed by atoms with van der Waals surface area (Å²) in [4.78, 5) is 4.86. The number of nitrogens with zero attached hydrogens (tertiary/aromatic N) is 3. The number of fused-ring (bicyclic) bond motifs is 3. The minimum Gasteiger partial charge on any atom is -0.310 e. The monoisotopic (exact) mass is 625 g/mol. The van der Waals surface area contributed by atoms with Crippen molar-refractivity contribution in [3.05, 3.63) is 188 Å². The van der Waals surface area contributed by atoms with Crippen LogP contribution in [0.4, 0.5) is 34.1 Å². The van der Waals surface area contributed by atoms with Crippen molar-refractivity contribution in [1.29, 1.82) is 0 Å². The molecule has 0 atom stereocenters. The maximum Gasteiger partial charge on any atom is 0.0563 e. The SMILES string of the molecule is c1ccc(N2c3cccc(c3)N(c3cccc(-c4cccc5ccccc45)c3)c3cccc4c3c3c2cccc3n4-c2ccccc2)cc1. The van der Waals surface area contributed by atoms with Gasteiger partial charge in [-0.3, -0.25) is 0 Å². The number of para-hydroxylation sites is 2. The Kier molecular flexibility index (Phi) is 6.18. The number of hydrogen-bond acceptors (Lipinski definition) is 2. The molecule has 0 unspecified atom stereocenters. The normalized spacial score (nSPS) is 12.4. The fourth-order valence-electron chi connectivity index (χ4n) is 7.79. The molecule has 8 aromatic carbocycles. The highest BCUT2D eigenvalue weighted by Gasteiger charge is 2.27. The molecule has 1 aromatic heterocycles. The zero-order valence-electron chi connectivity index (χ0n) is 26.7. The largest absolute Gasteiger partial charge is 0.310 e. The molecule has 2 bridgehead atoms. The Balaban J connectivity index is 1.32. The average molecular weight is 626 g/mol. The van der Waals surface area contributed by atoms with Gasteiger partial charge in [0.15, 0.2) is 0 Å². The molecular weight excluding hydrogens is 595 g/mol. The molecule has 0 saturated heterocycles. The standard InChI is InChI=1S/C46H31N3/c1-3-17-34(18-4-1)47-37-22-11-23-38(31-37)48(36-21-9-16-33(30-36)40-25-10-15-32-14-7-8-24-39(32)40)42-27-13-29-44-46(42)45-41(47)26-12-28-43(45)49(44)35-19-5-2-6-20-35/h1-31H. The molecule has 230 valence electrons. The van der Waals surface area contributed by atoms with Crippen LogP contribution in [0.25, 0.3) is 49.4 Å². The Labute approximate surface area is 285 Å². The summed E-state index contributed by atoms with van der Waals surface area (Å²) in [5.74, 6) is 0. The second-order valence-electron chi connectivity index (χ2n) is 12.6. The zero-order chi connectivity index (χ0) is 32.3. The van der Waals surface area contributed by atoms with Gasteiger partial charge >= 0.3 is 0 Å². The number of benzene rings is 8. The molecule has 10 rings (SSSR count). The summed E-state index contributed by atoms with van der Waals surface area (Å²) in [5, 5.41) is 4.94. The summed E-state index contributed by atoms with van der Waals surface area (Å²) >= 11 is 0. The highest BCUT2D eigenvalue weighted by molar-refractivity contribution is 6.22. The molecule has 3 heteroatoms. The van der Waals surface area contributed by atoms with Crippen molar-refractivity contribution < 1.29 is 0 Å². The van der Waals surface area contributed by atoms with Crippen LogP contribution in [0.5, 0.6) is 0 Å². The minimum absolute atomic E-state index is 1.11. The first kappa shape index (κ1) is 27.5. The molecule has 3 nitrogen and oxygen atoms in total. The van der Waals surface area contributed by atoms with Crippen LogP contribution in [0.3, 0.4) is 0 Å². The molecule has 1 aliphatic heterocycles. The molecule has 0 saturated carbocycles. The molecule has 0 fully saturated rings. The molecule has 0 radical (unpaired) electrons. The van der Waals surface area contributed by atoms with E-state index in [1.165, 1.54) is 43.7 Å². The molecule has 0 spiro atoms. The van der Waals surface area contributed by atoms with Gasteiger partial charge in [0.1, 0.15) is 0 Å². The van der Waals surface area contributed by atoms with Crippen molar-refractivity contribution in [3.63, 3.8) is 0 Å². The van der Waals surface area contributed by atoms with E-state index in [0.29, 0.717) is 0 Å². The van der Waals surface area contributed by atoms with Crippen LogP contribution in [-0.2, 0) is 0 Å². The number of rotatable bonds is 4. The second-order valence-corrected chi connectivity index (χ2v) is 12.6. The van der Waals surface area contributed by atoms with Crippen LogP contribution in [0.15, 0.2) is 188 Å². The van der Waals surface area contributed by atoms with E-state index >= 15 is 0 Å². The Bertz CT molecular complexity index is 2670. The topological polar surface area (TPSA) is 11.4 Å². The summed E-state index contributed by atoms with van der Waals surface area (Å²) in [6, 6.07) is 68.1. The van der Waals surface area contributed by atoms with Gasteiger partial charge < -0.3 is 14.4 Å². The molecule has 0 amide bonds. The van der Waals surface area contributed by atoms with Gasteiger partial charge in [-0.15, -0.1) is 0 Å². The number of anilines is 6. The van der Waals surface area contributed by atoms with E-state index in [1.54, 1.807) is 0 Å². The summed E-state index contributed by atoms with van der Waals surface area (Å²) in [5.41, 5.74) is 12.7. The first-order valence-corrected chi connectivity index (χ1v) is 16.8. The minimum atomic E-state index is 1.11. The van der Waals surface area contributed by atoms with Gasteiger partial charge in [0.05, 0.1) is 22.4 Å². The highest BCUT2D eigenvalue weighted by atomic mass is 15.2. The Hall–Kier alpha value is -6.58. The van der Waals surface area contributed by atoms with Crippen molar-refractivity contribution in [2.45, 2.75) is 0 Å². The van der Waals surface area contributed by atoms with Crippen molar-refractivity contribution >= 4 is 66.7 Å². The fraction of sp³-hybridized carbons (Fsp3) is 0. The van der Waals surface area contributed by atoms with E-state index in [9.17, 15) is 0 Å². The van der Waals surface area contributed by atoms with E-state index in [2.05, 4.69) is 202 Å². The first-order chi connectivity index (χ1) is 24.3. The predicted molar refractivity (Wildman–Crippen MR) is 207 cm³/mol. The highest BCUT2D eigenvalue weighted by Crippen LogP contribution is 2.51. The van der Waals surface area contributed by atoms with Crippen molar-refractivity contribution in [2.75, 3.05) is 9.80 Å². The Morgan fingerprint density at radius 2 is 0.816 bits per heavy atom. The third-order valence-electron chi connectivity index (χ3n) is 9.83. The van der Waals surface area contributed by atoms with Gasteiger partial charge in [-0.1, -0.05) is 109 Å². The molecule has 0 aliphatic carbocycles. The quantitative estimate of drug-likeness (QED) is 0.193. The van der Waals surface area contributed by atoms with Gasteiger partial charge in [-0.25, -0.2) is 0 Å². The van der Waals surface area contributed by atoms with Crippen LogP contribution >= 0.6 is 0 Å². The summed E-state index contributed by atoms with van der Waals surface area (Å²) in [6.45, 7) is 0. The third kappa shape index (κ3) is 4.29. The van der Waals surface area contributed by atoms with Crippen LogP contribution in [-0.4, -0.2) is 4.57 Å². The van der Waals surface area contributed by atoms with Gasteiger partial charge in [-0.2, -0.15) is 0 Å². The van der Waals surface area contributed by atoms with Crippen molar-refractivity contribution in [1.82, 2.24) is 4.57 Å². The van der Waals surface area contributed by atoms with E-state index < -0.39 is 0 Å². The molecule has 9 aromatic rings. The zero-order valence-corrected chi connectivity index (χ0v) is 26.7. The lowest BCUT2D eigenvalue weighted by Crippen LogP contribution is -2.12. The Morgan fingerprint density at radius 1 is 0.327 bits per heavy atom. The molecule has 0 N–H and O–H groups in total. The fourth-order valence-corrected chi connectivity index (χ4v) is 7.79. The van der Waals surface area contributed by atoms with E-state index in [0.717, 1.165) is 39.8 Å². The van der Waals surface area contributed by atoms with Gasteiger partial charge in [-0.05, 0) is 101 Å². The van der Waals surface area contributed by atoms with Crippen LogP contribution in [0, 0.1) is 0 Å². The molecule has 49 heavy (non-hydrogen) atoms. The third-order valence-corrected chi connectivity index (χ3v) is 9.83. The maximum atomic E-state index is 2.44.